The highest BCUT2D eigenvalue weighted by atomic mass is 32.1. The number of ether oxygens (including phenoxy) is 2. The van der Waals surface area contributed by atoms with Gasteiger partial charge in [-0.25, -0.2) is 8.78 Å². The predicted octanol–water partition coefficient (Wildman–Crippen LogP) is 3.09. The summed E-state index contributed by atoms with van der Waals surface area (Å²) < 4.78 is 37.8. The zero-order chi connectivity index (χ0) is 14.0. The average Bonchev–Trinajstić information content (AvgIpc) is 2.85. The molecule has 3 nitrogen and oxygen atoms in total. The van der Waals surface area contributed by atoms with E-state index in [1.54, 1.807) is 11.4 Å². The van der Waals surface area contributed by atoms with Gasteiger partial charge >= 0.3 is 0 Å². The van der Waals surface area contributed by atoms with E-state index in [0.717, 1.165) is 12.1 Å². The van der Waals surface area contributed by atoms with Crippen LogP contribution in [-0.2, 0) is 0 Å². The van der Waals surface area contributed by atoms with Crippen LogP contribution in [0.3, 0.4) is 0 Å². The Hall–Kier alpha value is -1.66. The third kappa shape index (κ3) is 2.54. The summed E-state index contributed by atoms with van der Waals surface area (Å²) in [6.07, 6.45) is 0. The summed E-state index contributed by atoms with van der Waals surface area (Å²) in [5, 5.41) is 1.76. The number of hydrogen-bond donors (Lipinski definition) is 1. The van der Waals surface area contributed by atoms with Gasteiger partial charge in [0.05, 0.1) is 25.1 Å². The van der Waals surface area contributed by atoms with Crippen LogP contribution < -0.4 is 15.2 Å². The van der Waals surface area contributed by atoms with Gasteiger partial charge < -0.3 is 15.2 Å². The molecule has 0 amide bonds. The Morgan fingerprint density at radius 2 is 1.79 bits per heavy atom. The molecule has 0 aliphatic heterocycles. The number of methoxy groups -OCH3 is 2. The van der Waals surface area contributed by atoms with Gasteiger partial charge in [-0.1, -0.05) is 0 Å². The van der Waals surface area contributed by atoms with Crippen molar-refractivity contribution < 1.29 is 18.3 Å². The second kappa shape index (κ2) is 5.54. The van der Waals surface area contributed by atoms with E-state index in [1.165, 1.54) is 25.6 Å². The Labute approximate surface area is 113 Å². The molecule has 0 saturated heterocycles. The van der Waals surface area contributed by atoms with Gasteiger partial charge in [-0.2, -0.15) is 0 Å². The third-order valence-electron chi connectivity index (χ3n) is 2.76. The molecule has 1 aromatic carbocycles. The molecule has 0 bridgehead atoms. The second-order valence-electron chi connectivity index (χ2n) is 3.84. The topological polar surface area (TPSA) is 44.5 Å². The molecule has 0 fully saturated rings. The van der Waals surface area contributed by atoms with Crippen LogP contribution in [0, 0.1) is 11.6 Å². The molecule has 1 heterocycles. The standard InChI is InChI=1S/C13H13F2NO2S/c1-17-7-5-8(14)11(9(15)6-7)12(16)13-10(18-2)3-4-19-13/h3-6,12H,16H2,1-2H3. The van der Waals surface area contributed by atoms with Crippen molar-refractivity contribution in [1.29, 1.82) is 0 Å². The Bertz CT molecular complexity index is 563. The van der Waals surface area contributed by atoms with Crippen LogP contribution in [0.4, 0.5) is 8.78 Å². The summed E-state index contributed by atoms with van der Waals surface area (Å²) in [6, 6.07) is 3.01. The molecule has 1 aromatic heterocycles. The summed E-state index contributed by atoms with van der Waals surface area (Å²) in [5.41, 5.74) is 5.75. The molecule has 2 N–H and O–H groups in total. The smallest absolute Gasteiger partial charge is 0.134 e. The van der Waals surface area contributed by atoms with Crippen molar-refractivity contribution in [3.63, 3.8) is 0 Å². The van der Waals surface area contributed by atoms with Crippen LogP contribution in [0.15, 0.2) is 23.6 Å². The van der Waals surface area contributed by atoms with Crippen LogP contribution >= 0.6 is 11.3 Å². The fourth-order valence-corrected chi connectivity index (χ4v) is 2.68. The minimum atomic E-state index is -0.916. The first-order valence-electron chi connectivity index (χ1n) is 5.48. The van der Waals surface area contributed by atoms with E-state index in [1.807, 2.05) is 0 Å². The van der Waals surface area contributed by atoms with Crippen LogP contribution in [0.1, 0.15) is 16.5 Å². The molecular formula is C13H13F2NO2S. The summed E-state index contributed by atoms with van der Waals surface area (Å²) >= 11 is 1.29. The minimum absolute atomic E-state index is 0.115. The molecule has 0 spiro atoms. The maximum Gasteiger partial charge on any atom is 0.134 e. The van der Waals surface area contributed by atoms with E-state index < -0.39 is 17.7 Å². The van der Waals surface area contributed by atoms with Gasteiger partial charge in [0, 0.05) is 17.7 Å². The molecule has 1 unspecified atom stereocenters. The van der Waals surface area contributed by atoms with E-state index in [-0.39, 0.29) is 11.3 Å². The van der Waals surface area contributed by atoms with Gasteiger partial charge in [-0.15, -0.1) is 11.3 Å². The first-order chi connectivity index (χ1) is 9.08. The molecular weight excluding hydrogens is 272 g/mol. The van der Waals surface area contributed by atoms with E-state index in [4.69, 9.17) is 15.2 Å². The molecule has 102 valence electrons. The van der Waals surface area contributed by atoms with E-state index >= 15 is 0 Å². The largest absolute Gasteiger partial charge is 0.497 e. The van der Waals surface area contributed by atoms with E-state index in [9.17, 15) is 8.78 Å². The molecule has 2 rings (SSSR count). The highest BCUT2D eigenvalue weighted by molar-refractivity contribution is 7.10. The lowest BCUT2D eigenvalue weighted by molar-refractivity contribution is 0.402. The summed E-state index contributed by atoms with van der Waals surface area (Å²) in [7, 11) is 2.83. The van der Waals surface area contributed by atoms with Crippen LogP contribution in [0.2, 0.25) is 0 Å². The normalized spacial score (nSPS) is 12.3. The van der Waals surface area contributed by atoms with Gasteiger partial charge in [-0.05, 0) is 11.4 Å². The number of rotatable bonds is 4. The number of halogens is 2. The fourth-order valence-electron chi connectivity index (χ4n) is 1.81. The highest BCUT2D eigenvalue weighted by Gasteiger charge is 2.23. The number of thiophene rings is 1. The van der Waals surface area contributed by atoms with Crippen molar-refractivity contribution in [2.75, 3.05) is 14.2 Å². The second-order valence-corrected chi connectivity index (χ2v) is 4.78. The van der Waals surface area contributed by atoms with Crippen LogP contribution in [-0.4, -0.2) is 14.2 Å². The van der Waals surface area contributed by atoms with Crippen molar-refractivity contribution in [3.8, 4) is 11.5 Å². The Balaban J connectivity index is 2.47. The molecule has 1 atom stereocenters. The molecule has 6 heteroatoms. The Kier molecular flexibility index (Phi) is 4.01. The van der Waals surface area contributed by atoms with Gasteiger partial charge in [-0.3, -0.25) is 0 Å². The maximum atomic E-state index is 13.9. The van der Waals surface area contributed by atoms with Crippen LogP contribution in [0.5, 0.6) is 11.5 Å². The Morgan fingerprint density at radius 3 is 2.32 bits per heavy atom. The van der Waals surface area contributed by atoms with Gasteiger partial charge in [0.25, 0.3) is 0 Å². The summed E-state index contributed by atoms with van der Waals surface area (Å²) in [6.45, 7) is 0. The van der Waals surface area contributed by atoms with Crippen molar-refractivity contribution in [2.45, 2.75) is 6.04 Å². The van der Waals surface area contributed by atoms with E-state index in [0.29, 0.717) is 10.6 Å². The predicted molar refractivity (Wildman–Crippen MR) is 69.8 cm³/mol. The Morgan fingerprint density at radius 1 is 1.16 bits per heavy atom. The lowest BCUT2D eigenvalue weighted by Gasteiger charge is -2.15. The van der Waals surface area contributed by atoms with Crippen LogP contribution in [0.25, 0.3) is 0 Å². The monoisotopic (exact) mass is 285 g/mol. The summed E-state index contributed by atoms with van der Waals surface area (Å²) in [4.78, 5) is 0.575. The van der Waals surface area contributed by atoms with Gasteiger partial charge in [0.2, 0.25) is 0 Å². The lowest BCUT2D eigenvalue weighted by Crippen LogP contribution is -2.15. The zero-order valence-corrected chi connectivity index (χ0v) is 11.3. The van der Waals surface area contributed by atoms with Crippen molar-refractivity contribution in [1.82, 2.24) is 0 Å². The average molecular weight is 285 g/mol. The first kappa shape index (κ1) is 13.8. The first-order valence-corrected chi connectivity index (χ1v) is 6.36. The molecule has 0 aliphatic carbocycles. The van der Waals surface area contributed by atoms with Gasteiger partial charge in [0.1, 0.15) is 23.1 Å². The molecule has 0 saturated carbocycles. The van der Waals surface area contributed by atoms with Gasteiger partial charge in [0.15, 0.2) is 0 Å². The number of benzene rings is 1. The molecule has 0 aliphatic rings. The third-order valence-corrected chi connectivity index (χ3v) is 3.74. The van der Waals surface area contributed by atoms with Crippen molar-refractivity contribution >= 4 is 11.3 Å². The SMILES string of the molecule is COc1cc(F)c(C(N)c2sccc2OC)c(F)c1. The summed E-state index contributed by atoms with van der Waals surface area (Å²) in [5.74, 6) is -0.837. The number of nitrogens with two attached hydrogens (primary N) is 1. The minimum Gasteiger partial charge on any atom is -0.497 e. The lowest BCUT2D eigenvalue weighted by atomic mass is 10.0. The highest BCUT2D eigenvalue weighted by Crippen LogP contribution is 2.36. The molecule has 0 radical (unpaired) electrons. The van der Waals surface area contributed by atoms with E-state index in [2.05, 4.69) is 0 Å². The van der Waals surface area contributed by atoms with Crippen molar-refractivity contribution in [2.24, 2.45) is 5.73 Å². The maximum absolute atomic E-state index is 13.9. The van der Waals surface area contributed by atoms with Crippen molar-refractivity contribution in [3.05, 3.63) is 45.7 Å². The zero-order valence-electron chi connectivity index (χ0n) is 10.4. The molecule has 2 aromatic rings. The molecule has 19 heavy (non-hydrogen) atoms. The fraction of sp³-hybridized carbons (Fsp3) is 0.231. The quantitative estimate of drug-likeness (QED) is 0.939. The number of hydrogen-bond acceptors (Lipinski definition) is 4.